The quantitative estimate of drug-likeness (QED) is 0.300. The lowest BCUT2D eigenvalue weighted by Gasteiger charge is -2.42. The van der Waals surface area contributed by atoms with E-state index in [2.05, 4.69) is 6.58 Å². The van der Waals surface area contributed by atoms with E-state index in [0.717, 1.165) is 17.6 Å². The van der Waals surface area contributed by atoms with Gasteiger partial charge in [0.15, 0.2) is 6.61 Å². The van der Waals surface area contributed by atoms with Crippen LogP contribution in [0.2, 0.25) is 10.0 Å². The average Bonchev–Trinajstić information content (AvgIpc) is 2.83. The molecule has 0 unspecified atom stereocenters. The summed E-state index contributed by atoms with van der Waals surface area (Å²) >= 11 is 12.2. The van der Waals surface area contributed by atoms with Gasteiger partial charge >= 0.3 is 5.97 Å². The standard InChI is InChI=1S/C29H28Cl2O5/c1-17(2)24-15-25(19-7-9-20(30)10-8-19)18(3)35-29(24)26-14-23(11-12-27(26)34-16-28(32)33)36-22-6-4-5-21(31)13-22/h4-14,18,24-25,29H,1,15-16H2,2-3H3,(H,32,33)/t18-,24+,25-,29-/m1/s1. The van der Waals surface area contributed by atoms with E-state index in [1.165, 1.54) is 0 Å². The van der Waals surface area contributed by atoms with E-state index in [0.29, 0.717) is 32.9 Å². The van der Waals surface area contributed by atoms with Gasteiger partial charge in [0, 0.05) is 27.4 Å². The molecule has 0 radical (unpaired) electrons. The van der Waals surface area contributed by atoms with Gasteiger partial charge in [0.2, 0.25) is 0 Å². The fraction of sp³-hybridized carbons (Fsp3) is 0.276. The molecule has 1 heterocycles. The fourth-order valence-corrected chi connectivity index (χ4v) is 4.93. The molecule has 1 N–H and O–H groups in total. The van der Waals surface area contributed by atoms with Crippen LogP contribution >= 0.6 is 23.2 Å². The first-order valence-electron chi connectivity index (χ1n) is 11.7. The van der Waals surface area contributed by atoms with E-state index >= 15 is 0 Å². The third kappa shape index (κ3) is 6.22. The molecule has 0 bridgehead atoms. The topological polar surface area (TPSA) is 65.0 Å². The third-order valence-electron chi connectivity index (χ3n) is 6.40. The van der Waals surface area contributed by atoms with Gasteiger partial charge in [-0.15, -0.1) is 0 Å². The molecule has 1 aliphatic heterocycles. The maximum Gasteiger partial charge on any atom is 0.341 e. The molecule has 1 aliphatic rings. The van der Waals surface area contributed by atoms with Crippen molar-refractivity contribution in [1.29, 1.82) is 0 Å². The average molecular weight is 527 g/mol. The normalized spacial score (nSPS) is 21.6. The maximum absolute atomic E-state index is 11.2. The van der Waals surface area contributed by atoms with Crippen LogP contribution in [-0.4, -0.2) is 23.8 Å². The molecule has 188 valence electrons. The molecule has 4 atom stereocenters. The molecular formula is C29H28Cl2O5. The van der Waals surface area contributed by atoms with Crippen LogP contribution in [0.3, 0.4) is 0 Å². The summed E-state index contributed by atoms with van der Waals surface area (Å²) in [4.78, 5) is 11.2. The lowest BCUT2D eigenvalue weighted by Crippen LogP contribution is -2.34. The zero-order valence-corrected chi connectivity index (χ0v) is 21.6. The van der Waals surface area contributed by atoms with Gasteiger partial charge in [-0.1, -0.05) is 53.6 Å². The lowest BCUT2D eigenvalue weighted by atomic mass is 9.76. The summed E-state index contributed by atoms with van der Waals surface area (Å²) in [6, 6.07) is 20.3. The van der Waals surface area contributed by atoms with E-state index in [4.69, 9.17) is 37.4 Å². The largest absolute Gasteiger partial charge is 0.482 e. The van der Waals surface area contributed by atoms with Gasteiger partial charge in [0.1, 0.15) is 17.2 Å². The number of halogens is 2. The molecule has 5 nitrogen and oxygen atoms in total. The van der Waals surface area contributed by atoms with Crippen LogP contribution in [0.4, 0.5) is 0 Å². The van der Waals surface area contributed by atoms with Crippen molar-refractivity contribution in [3.8, 4) is 17.2 Å². The monoisotopic (exact) mass is 526 g/mol. The van der Waals surface area contributed by atoms with E-state index < -0.39 is 18.7 Å². The molecule has 0 aromatic heterocycles. The van der Waals surface area contributed by atoms with E-state index in [1.807, 2.05) is 56.3 Å². The highest BCUT2D eigenvalue weighted by atomic mass is 35.5. The number of hydrogen-bond acceptors (Lipinski definition) is 4. The summed E-state index contributed by atoms with van der Waals surface area (Å²) in [7, 11) is 0. The molecule has 36 heavy (non-hydrogen) atoms. The molecule has 0 aliphatic carbocycles. The van der Waals surface area contributed by atoms with Crippen molar-refractivity contribution in [3.05, 3.63) is 100 Å². The fourth-order valence-electron chi connectivity index (χ4n) is 4.63. The molecule has 0 amide bonds. The van der Waals surface area contributed by atoms with Crippen LogP contribution in [0, 0.1) is 5.92 Å². The lowest BCUT2D eigenvalue weighted by molar-refractivity contribution is -0.139. The first kappa shape index (κ1) is 26.1. The van der Waals surface area contributed by atoms with Gasteiger partial charge < -0.3 is 19.3 Å². The second kappa shape index (κ2) is 11.4. The smallest absolute Gasteiger partial charge is 0.341 e. The third-order valence-corrected chi connectivity index (χ3v) is 6.89. The number of rotatable bonds is 8. The molecule has 7 heteroatoms. The highest BCUT2D eigenvalue weighted by Crippen LogP contribution is 2.49. The SMILES string of the molecule is C=C(C)[C@@H]1C[C@@H](c2ccc(Cl)cc2)[C@@H](C)O[C@H]1c1cc(Oc2cccc(Cl)c2)ccc1OCC(=O)O. The zero-order chi connectivity index (χ0) is 25.8. The van der Waals surface area contributed by atoms with E-state index in [1.54, 1.807) is 24.3 Å². The first-order chi connectivity index (χ1) is 17.2. The van der Waals surface area contributed by atoms with Gasteiger partial charge in [-0.05, 0) is 74.4 Å². The van der Waals surface area contributed by atoms with Gasteiger partial charge in [-0.2, -0.15) is 0 Å². The Kier molecular flexibility index (Phi) is 8.24. The summed E-state index contributed by atoms with van der Waals surface area (Å²) < 4.78 is 18.3. The maximum atomic E-state index is 11.2. The van der Waals surface area contributed by atoms with Crippen LogP contribution in [0.15, 0.2) is 78.9 Å². The molecule has 3 aromatic carbocycles. The minimum absolute atomic E-state index is 0.0320. The second-order valence-electron chi connectivity index (χ2n) is 9.05. The van der Waals surface area contributed by atoms with Crippen molar-refractivity contribution < 1.29 is 24.1 Å². The Bertz CT molecular complexity index is 1240. The Balaban J connectivity index is 1.69. The Morgan fingerprint density at radius 3 is 2.44 bits per heavy atom. The Morgan fingerprint density at radius 1 is 1.06 bits per heavy atom. The summed E-state index contributed by atoms with van der Waals surface area (Å²) in [6.45, 7) is 7.81. The number of carboxylic acid groups (broad SMARTS) is 1. The van der Waals surface area contributed by atoms with Crippen LogP contribution in [0.5, 0.6) is 17.2 Å². The van der Waals surface area contributed by atoms with Crippen molar-refractivity contribution in [3.63, 3.8) is 0 Å². The van der Waals surface area contributed by atoms with Gasteiger partial charge in [0.05, 0.1) is 12.2 Å². The van der Waals surface area contributed by atoms with Crippen molar-refractivity contribution >= 4 is 29.2 Å². The summed E-state index contributed by atoms with van der Waals surface area (Å²) in [5.74, 6) is 0.642. The highest BCUT2D eigenvalue weighted by Gasteiger charge is 2.39. The predicted octanol–water partition coefficient (Wildman–Crippen LogP) is 8.08. The summed E-state index contributed by atoms with van der Waals surface area (Å²) in [6.07, 6.45) is 0.296. The van der Waals surface area contributed by atoms with Gasteiger partial charge in [-0.25, -0.2) is 4.79 Å². The molecule has 1 fully saturated rings. The van der Waals surface area contributed by atoms with Crippen molar-refractivity contribution in [1.82, 2.24) is 0 Å². The van der Waals surface area contributed by atoms with E-state index in [9.17, 15) is 9.90 Å². The van der Waals surface area contributed by atoms with Crippen molar-refractivity contribution in [2.24, 2.45) is 5.92 Å². The minimum atomic E-state index is -1.06. The van der Waals surface area contributed by atoms with Crippen molar-refractivity contribution in [2.75, 3.05) is 6.61 Å². The molecule has 4 rings (SSSR count). The first-order valence-corrected chi connectivity index (χ1v) is 12.4. The molecule has 1 saturated heterocycles. The molecule has 0 spiro atoms. The second-order valence-corrected chi connectivity index (χ2v) is 9.92. The zero-order valence-electron chi connectivity index (χ0n) is 20.1. The van der Waals surface area contributed by atoms with Crippen molar-refractivity contribution in [2.45, 2.75) is 38.4 Å². The number of aliphatic carboxylic acids is 1. The van der Waals surface area contributed by atoms with E-state index in [-0.39, 0.29) is 17.9 Å². The Hall–Kier alpha value is -2.99. The summed E-state index contributed by atoms with van der Waals surface area (Å²) in [5.41, 5.74) is 2.83. The van der Waals surface area contributed by atoms with Crippen LogP contribution in [-0.2, 0) is 9.53 Å². The van der Waals surface area contributed by atoms with Crippen LogP contribution in [0.1, 0.15) is 43.4 Å². The predicted molar refractivity (Wildman–Crippen MR) is 142 cm³/mol. The van der Waals surface area contributed by atoms with Crippen LogP contribution in [0.25, 0.3) is 0 Å². The number of hydrogen-bond donors (Lipinski definition) is 1. The minimum Gasteiger partial charge on any atom is -0.482 e. The number of ether oxygens (including phenoxy) is 3. The highest BCUT2D eigenvalue weighted by molar-refractivity contribution is 6.30. The van der Waals surface area contributed by atoms with Gasteiger partial charge in [0.25, 0.3) is 0 Å². The number of carboxylic acids is 1. The molecule has 0 saturated carbocycles. The Morgan fingerprint density at radius 2 is 1.78 bits per heavy atom. The number of benzene rings is 3. The van der Waals surface area contributed by atoms with Crippen LogP contribution < -0.4 is 9.47 Å². The van der Waals surface area contributed by atoms with Gasteiger partial charge in [-0.3, -0.25) is 0 Å². The summed E-state index contributed by atoms with van der Waals surface area (Å²) in [5, 5.41) is 10.5. The Labute approximate surface area is 221 Å². The molecule has 3 aromatic rings. The number of carbonyl (C=O) groups is 1. The molecular weight excluding hydrogens is 499 g/mol.